The van der Waals surface area contributed by atoms with Crippen molar-refractivity contribution in [2.24, 2.45) is 0 Å². The molecule has 3 heterocycles. The van der Waals surface area contributed by atoms with Gasteiger partial charge in [-0.25, -0.2) is 4.68 Å². The molecule has 0 saturated carbocycles. The molecule has 1 fully saturated rings. The first-order valence-corrected chi connectivity index (χ1v) is 12.8. The van der Waals surface area contributed by atoms with E-state index in [1.54, 1.807) is 43.3 Å². The van der Waals surface area contributed by atoms with Gasteiger partial charge in [0.2, 0.25) is 5.91 Å². The van der Waals surface area contributed by atoms with Crippen LogP contribution in [0.1, 0.15) is 37.3 Å². The summed E-state index contributed by atoms with van der Waals surface area (Å²) in [5.41, 5.74) is 1.93. The smallest absolute Gasteiger partial charge is 0.251 e. The Kier molecular flexibility index (Phi) is 7.69. The van der Waals surface area contributed by atoms with E-state index < -0.39 is 6.04 Å². The second kappa shape index (κ2) is 11.5. The molecule has 2 aromatic carbocycles. The number of anilines is 1. The van der Waals surface area contributed by atoms with E-state index in [4.69, 9.17) is 13.9 Å². The number of rotatable bonds is 10. The molecule has 0 radical (unpaired) electrons. The van der Waals surface area contributed by atoms with E-state index >= 15 is 0 Å². The van der Waals surface area contributed by atoms with Gasteiger partial charge in [-0.15, -0.1) is 5.10 Å². The summed E-state index contributed by atoms with van der Waals surface area (Å²) in [5, 5.41) is 11.3. The molecule has 10 nitrogen and oxygen atoms in total. The molecule has 38 heavy (non-hydrogen) atoms. The van der Waals surface area contributed by atoms with Crippen molar-refractivity contribution < 1.29 is 23.5 Å². The fourth-order valence-electron chi connectivity index (χ4n) is 4.64. The zero-order valence-corrected chi connectivity index (χ0v) is 21.5. The highest BCUT2D eigenvalue weighted by atomic mass is 16.5. The summed E-state index contributed by atoms with van der Waals surface area (Å²) in [4.78, 5) is 29.2. The Balaban J connectivity index is 1.51. The van der Waals surface area contributed by atoms with E-state index in [2.05, 4.69) is 15.6 Å². The summed E-state index contributed by atoms with van der Waals surface area (Å²) in [6.07, 6.45) is 1.80. The van der Waals surface area contributed by atoms with Crippen molar-refractivity contribution in [3.05, 3.63) is 72.2 Å². The lowest BCUT2D eigenvalue weighted by molar-refractivity contribution is -0.127. The molecule has 4 aromatic rings. The van der Waals surface area contributed by atoms with Crippen LogP contribution in [0.15, 0.2) is 65.1 Å². The van der Waals surface area contributed by atoms with Crippen molar-refractivity contribution in [3.63, 3.8) is 0 Å². The van der Waals surface area contributed by atoms with Crippen molar-refractivity contribution in [1.29, 1.82) is 0 Å². The molecule has 0 aliphatic carbocycles. The lowest BCUT2D eigenvalue weighted by atomic mass is 10.1. The number of ether oxygens (including phenoxy) is 2. The van der Waals surface area contributed by atoms with Crippen molar-refractivity contribution in [1.82, 2.24) is 20.3 Å². The summed E-state index contributed by atoms with van der Waals surface area (Å²) in [5.74, 6) is 0.951. The number of aromatic nitrogens is 3. The summed E-state index contributed by atoms with van der Waals surface area (Å²) in [7, 11) is 0. The van der Waals surface area contributed by atoms with Gasteiger partial charge >= 0.3 is 0 Å². The summed E-state index contributed by atoms with van der Waals surface area (Å²) < 4.78 is 18.7. The van der Waals surface area contributed by atoms with Crippen molar-refractivity contribution in [3.8, 4) is 5.75 Å². The van der Waals surface area contributed by atoms with Gasteiger partial charge < -0.3 is 19.2 Å². The van der Waals surface area contributed by atoms with E-state index in [9.17, 15) is 9.59 Å². The molecule has 1 aliphatic rings. The molecule has 0 bridgehead atoms. The monoisotopic (exact) mass is 517 g/mol. The standard InChI is InChI=1S/C28H31N5O5/c1-3-36-21-13-11-20(12-14-21)33(26(34)18-32-24-9-5-4-8-23(24)30-31-32)27(25-15-10-19(2)38-25)28(35)29-17-22-7-6-16-37-22/h4-5,8-15,22,27H,3,6-7,16-18H2,1-2H3,(H,29,35)/t22-,27+/m1/s1. The van der Waals surface area contributed by atoms with Crippen LogP contribution in [0.3, 0.4) is 0 Å². The molecule has 1 aliphatic heterocycles. The van der Waals surface area contributed by atoms with Crippen LogP contribution in [-0.2, 0) is 20.9 Å². The molecule has 5 rings (SSSR count). The van der Waals surface area contributed by atoms with E-state index in [0.29, 0.717) is 48.2 Å². The van der Waals surface area contributed by atoms with Crippen LogP contribution in [0.25, 0.3) is 11.0 Å². The lowest BCUT2D eigenvalue weighted by Gasteiger charge is -2.30. The number of para-hydroxylation sites is 1. The number of fused-ring (bicyclic) bond motifs is 1. The first kappa shape index (κ1) is 25.5. The number of benzene rings is 2. The Bertz CT molecular complexity index is 1390. The average Bonchev–Trinajstić information content (AvgIpc) is 3.69. The van der Waals surface area contributed by atoms with Crippen LogP contribution < -0.4 is 15.0 Å². The maximum Gasteiger partial charge on any atom is 0.251 e. The molecular weight excluding hydrogens is 486 g/mol. The first-order valence-electron chi connectivity index (χ1n) is 12.8. The zero-order valence-electron chi connectivity index (χ0n) is 21.5. The van der Waals surface area contributed by atoms with E-state index in [-0.39, 0.29) is 24.5 Å². The van der Waals surface area contributed by atoms with Gasteiger partial charge in [-0.3, -0.25) is 14.5 Å². The molecule has 2 amide bonds. The number of carbonyl (C=O) groups excluding carboxylic acids is 2. The van der Waals surface area contributed by atoms with Gasteiger partial charge in [0.15, 0.2) is 6.04 Å². The molecule has 2 atom stereocenters. The third kappa shape index (κ3) is 5.55. The highest BCUT2D eigenvalue weighted by Crippen LogP contribution is 2.31. The lowest BCUT2D eigenvalue weighted by Crippen LogP contribution is -2.46. The number of nitrogens with one attached hydrogen (secondary N) is 1. The van der Waals surface area contributed by atoms with Gasteiger partial charge in [0.25, 0.3) is 5.91 Å². The Hall–Kier alpha value is -4.18. The van der Waals surface area contributed by atoms with Crippen LogP contribution in [-0.4, -0.2) is 52.7 Å². The van der Waals surface area contributed by atoms with Crippen molar-refractivity contribution in [2.75, 3.05) is 24.7 Å². The maximum absolute atomic E-state index is 14.0. The minimum absolute atomic E-state index is 0.0472. The second-order valence-corrected chi connectivity index (χ2v) is 9.16. The van der Waals surface area contributed by atoms with E-state index in [1.807, 2.05) is 31.2 Å². The van der Waals surface area contributed by atoms with Gasteiger partial charge in [0, 0.05) is 18.8 Å². The number of amides is 2. The van der Waals surface area contributed by atoms with Crippen LogP contribution in [0, 0.1) is 6.92 Å². The van der Waals surface area contributed by atoms with Gasteiger partial charge in [-0.1, -0.05) is 17.3 Å². The Morgan fingerprint density at radius 1 is 1.16 bits per heavy atom. The normalized spacial score (nSPS) is 15.9. The maximum atomic E-state index is 14.0. The highest BCUT2D eigenvalue weighted by Gasteiger charge is 2.36. The molecule has 2 aromatic heterocycles. The predicted molar refractivity (Wildman–Crippen MR) is 141 cm³/mol. The predicted octanol–water partition coefficient (Wildman–Crippen LogP) is 3.80. The highest BCUT2D eigenvalue weighted by molar-refractivity contribution is 6.01. The Morgan fingerprint density at radius 3 is 2.68 bits per heavy atom. The summed E-state index contributed by atoms with van der Waals surface area (Å²) >= 11 is 0. The van der Waals surface area contributed by atoms with Crippen LogP contribution in [0.5, 0.6) is 5.75 Å². The van der Waals surface area contributed by atoms with Crippen LogP contribution in [0.2, 0.25) is 0 Å². The quantitative estimate of drug-likeness (QED) is 0.341. The number of hydrogen-bond donors (Lipinski definition) is 1. The van der Waals surface area contributed by atoms with Crippen molar-refractivity contribution in [2.45, 2.75) is 45.4 Å². The fourth-order valence-corrected chi connectivity index (χ4v) is 4.64. The van der Waals surface area contributed by atoms with Gasteiger partial charge in [-0.05, 0) is 75.2 Å². The van der Waals surface area contributed by atoms with Crippen LogP contribution in [0.4, 0.5) is 5.69 Å². The minimum Gasteiger partial charge on any atom is -0.494 e. The molecule has 198 valence electrons. The second-order valence-electron chi connectivity index (χ2n) is 9.16. The van der Waals surface area contributed by atoms with E-state index in [0.717, 1.165) is 18.4 Å². The first-order chi connectivity index (χ1) is 18.5. The van der Waals surface area contributed by atoms with Crippen LogP contribution >= 0.6 is 0 Å². The van der Waals surface area contributed by atoms with Gasteiger partial charge in [-0.2, -0.15) is 0 Å². The topological polar surface area (TPSA) is 112 Å². The number of nitrogens with zero attached hydrogens (tertiary/aromatic N) is 4. The largest absolute Gasteiger partial charge is 0.494 e. The molecule has 10 heteroatoms. The molecular formula is C28H31N5O5. The third-order valence-corrected chi connectivity index (χ3v) is 6.46. The van der Waals surface area contributed by atoms with E-state index in [1.165, 1.54) is 9.58 Å². The molecule has 0 spiro atoms. The fraction of sp³-hybridized carbons (Fsp3) is 0.357. The summed E-state index contributed by atoms with van der Waals surface area (Å²) in [6, 6.07) is 16.9. The average molecular weight is 518 g/mol. The number of aryl methyl sites for hydroxylation is 1. The van der Waals surface area contributed by atoms with Crippen molar-refractivity contribution >= 4 is 28.5 Å². The SMILES string of the molecule is CCOc1ccc(N(C(=O)Cn2nnc3ccccc32)[C@H](C(=O)NC[C@H]2CCCO2)c2ccc(C)o2)cc1. The molecule has 1 saturated heterocycles. The Morgan fingerprint density at radius 2 is 1.97 bits per heavy atom. The molecule has 1 N–H and O–H groups in total. The number of carbonyl (C=O) groups is 2. The third-order valence-electron chi connectivity index (χ3n) is 6.46. The number of furan rings is 1. The minimum atomic E-state index is -1.05. The van der Waals surface area contributed by atoms with Gasteiger partial charge in [0.1, 0.15) is 29.3 Å². The van der Waals surface area contributed by atoms with Gasteiger partial charge in [0.05, 0.1) is 18.2 Å². The number of hydrogen-bond acceptors (Lipinski definition) is 7. The summed E-state index contributed by atoms with van der Waals surface area (Å²) in [6.45, 7) is 5.14. The Labute approximate surface area is 220 Å². The zero-order chi connectivity index (χ0) is 26.5. The molecule has 0 unspecified atom stereocenters.